The summed E-state index contributed by atoms with van der Waals surface area (Å²) in [7, 11) is 0. The van der Waals surface area contributed by atoms with Gasteiger partial charge in [0.2, 0.25) is 0 Å². The predicted molar refractivity (Wildman–Crippen MR) is 94.7 cm³/mol. The Labute approximate surface area is 141 Å². The highest BCUT2D eigenvalue weighted by Gasteiger charge is 2.36. The van der Waals surface area contributed by atoms with Crippen LogP contribution < -0.4 is 5.73 Å². The van der Waals surface area contributed by atoms with E-state index in [1.807, 2.05) is 11.3 Å². The van der Waals surface area contributed by atoms with Crippen LogP contribution >= 0.6 is 27.3 Å². The molecule has 1 aromatic heterocycles. The Morgan fingerprint density at radius 1 is 1.33 bits per heavy atom. The molecule has 4 atom stereocenters. The fraction of sp³-hybridized carbons (Fsp3) is 0.765. The Bertz CT molecular complexity index is 461. The lowest BCUT2D eigenvalue weighted by molar-refractivity contribution is 0.0482. The SMILES string of the molecule is CCC(N)C(c1cc(Br)cs1)N1CCC2CCCCC2C1. The molecule has 2 heterocycles. The normalized spacial score (nSPS) is 29.9. The monoisotopic (exact) mass is 370 g/mol. The van der Waals surface area contributed by atoms with Crippen LogP contribution in [0.25, 0.3) is 0 Å². The first-order valence-electron chi connectivity index (χ1n) is 8.42. The number of likely N-dealkylation sites (tertiary alicyclic amines) is 1. The van der Waals surface area contributed by atoms with E-state index in [0.717, 1.165) is 18.3 Å². The topological polar surface area (TPSA) is 29.3 Å². The van der Waals surface area contributed by atoms with E-state index in [1.54, 1.807) is 0 Å². The van der Waals surface area contributed by atoms with Crippen LogP contribution in [0, 0.1) is 11.8 Å². The van der Waals surface area contributed by atoms with E-state index in [0.29, 0.717) is 6.04 Å². The molecule has 4 unspecified atom stereocenters. The second kappa shape index (κ2) is 7.12. The zero-order valence-electron chi connectivity index (χ0n) is 12.9. The zero-order valence-corrected chi connectivity index (χ0v) is 15.3. The van der Waals surface area contributed by atoms with Gasteiger partial charge in [-0.15, -0.1) is 11.3 Å². The molecule has 1 saturated carbocycles. The number of rotatable bonds is 4. The largest absolute Gasteiger partial charge is 0.326 e. The summed E-state index contributed by atoms with van der Waals surface area (Å²) in [5.41, 5.74) is 6.51. The summed E-state index contributed by atoms with van der Waals surface area (Å²) in [6, 6.07) is 2.93. The molecule has 0 bridgehead atoms. The van der Waals surface area contributed by atoms with Crippen LogP contribution in [0.4, 0.5) is 0 Å². The molecule has 0 radical (unpaired) electrons. The van der Waals surface area contributed by atoms with E-state index >= 15 is 0 Å². The Morgan fingerprint density at radius 3 is 2.76 bits per heavy atom. The number of fused-ring (bicyclic) bond motifs is 1. The van der Waals surface area contributed by atoms with Gasteiger partial charge in [-0.2, -0.15) is 0 Å². The third-order valence-corrected chi connectivity index (χ3v) is 7.24. The molecule has 0 amide bonds. The summed E-state index contributed by atoms with van der Waals surface area (Å²) < 4.78 is 1.20. The van der Waals surface area contributed by atoms with Gasteiger partial charge in [-0.1, -0.05) is 26.2 Å². The van der Waals surface area contributed by atoms with Crippen molar-refractivity contribution in [1.29, 1.82) is 0 Å². The third-order valence-electron chi connectivity index (χ3n) is 5.47. The molecule has 21 heavy (non-hydrogen) atoms. The lowest BCUT2D eigenvalue weighted by atomic mass is 9.74. The molecule has 1 aliphatic carbocycles. The van der Waals surface area contributed by atoms with Gasteiger partial charge in [-0.25, -0.2) is 0 Å². The third kappa shape index (κ3) is 3.54. The van der Waals surface area contributed by atoms with Gasteiger partial charge >= 0.3 is 0 Å². The highest BCUT2D eigenvalue weighted by Crippen LogP contribution is 2.40. The van der Waals surface area contributed by atoms with Crippen LogP contribution in [0.1, 0.15) is 56.4 Å². The van der Waals surface area contributed by atoms with E-state index in [4.69, 9.17) is 5.73 Å². The maximum absolute atomic E-state index is 6.51. The van der Waals surface area contributed by atoms with E-state index in [1.165, 1.54) is 54.5 Å². The molecule has 1 saturated heterocycles. The molecular formula is C17H27BrN2S. The lowest BCUT2D eigenvalue weighted by Crippen LogP contribution is -2.48. The smallest absolute Gasteiger partial charge is 0.0593 e. The number of halogens is 1. The van der Waals surface area contributed by atoms with E-state index in [9.17, 15) is 0 Å². The van der Waals surface area contributed by atoms with Crippen molar-refractivity contribution < 1.29 is 0 Å². The first-order chi connectivity index (χ1) is 10.2. The number of piperidine rings is 1. The van der Waals surface area contributed by atoms with Crippen molar-refractivity contribution in [3.8, 4) is 0 Å². The first kappa shape index (κ1) is 16.0. The summed E-state index contributed by atoms with van der Waals surface area (Å²) in [6.45, 7) is 4.71. The van der Waals surface area contributed by atoms with Gasteiger partial charge in [0.15, 0.2) is 0 Å². The average Bonchev–Trinajstić information content (AvgIpc) is 2.93. The average molecular weight is 371 g/mol. The van der Waals surface area contributed by atoms with Crippen LogP contribution in [0.15, 0.2) is 15.9 Å². The number of thiophene rings is 1. The Kier molecular flexibility index (Phi) is 5.41. The minimum atomic E-state index is 0.246. The van der Waals surface area contributed by atoms with Crippen molar-refractivity contribution in [3.05, 3.63) is 20.8 Å². The predicted octanol–water partition coefficient (Wildman–Crippen LogP) is 4.80. The molecule has 1 aromatic rings. The van der Waals surface area contributed by atoms with Gasteiger partial charge in [0.25, 0.3) is 0 Å². The molecule has 0 aromatic carbocycles. The minimum absolute atomic E-state index is 0.246. The fourth-order valence-electron chi connectivity index (χ4n) is 4.25. The maximum Gasteiger partial charge on any atom is 0.0593 e. The Hall–Kier alpha value is 0.1000. The van der Waals surface area contributed by atoms with Crippen molar-refractivity contribution in [1.82, 2.24) is 4.90 Å². The van der Waals surface area contributed by atoms with Crippen molar-refractivity contribution in [2.45, 2.75) is 57.5 Å². The van der Waals surface area contributed by atoms with Gasteiger partial charge in [0.1, 0.15) is 0 Å². The summed E-state index contributed by atoms with van der Waals surface area (Å²) >= 11 is 5.46. The molecule has 4 heteroatoms. The number of hydrogen-bond acceptors (Lipinski definition) is 3. The quantitative estimate of drug-likeness (QED) is 0.824. The summed E-state index contributed by atoms with van der Waals surface area (Å²) in [4.78, 5) is 4.13. The number of nitrogens with zero attached hydrogens (tertiary/aromatic N) is 1. The molecule has 3 rings (SSSR count). The van der Waals surface area contributed by atoms with Gasteiger partial charge < -0.3 is 5.73 Å². The van der Waals surface area contributed by atoms with Crippen molar-refractivity contribution >= 4 is 27.3 Å². The van der Waals surface area contributed by atoms with E-state index < -0.39 is 0 Å². The Balaban J connectivity index is 1.77. The van der Waals surface area contributed by atoms with Crippen molar-refractivity contribution in [2.75, 3.05) is 13.1 Å². The molecule has 0 spiro atoms. The number of nitrogens with two attached hydrogens (primary N) is 1. The van der Waals surface area contributed by atoms with Crippen LogP contribution in [-0.4, -0.2) is 24.0 Å². The number of hydrogen-bond donors (Lipinski definition) is 1. The molecule has 2 aliphatic rings. The second-order valence-electron chi connectivity index (χ2n) is 6.77. The molecular weight excluding hydrogens is 344 g/mol. The molecule has 2 nitrogen and oxygen atoms in total. The summed E-state index contributed by atoms with van der Waals surface area (Å²) in [6.07, 6.45) is 8.22. The van der Waals surface area contributed by atoms with Crippen molar-refractivity contribution in [2.24, 2.45) is 17.6 Å². The second-order valence-corrected chi connectivity index (χ2v) is 8.63. The van der Waals surface area contributed by atoms with Crippen LogP contribution in [0.2, 0.25) is 0 Å². The Morgan fingerprint density at radius 2 is 2.10 bits per heavy atom. The molecule has 118 valence electrons. The molecule has 2 fully saturated rings. The van der Waals surface area contributed by atoms with Crippen LogP contribution in [0.3, 0.4) is 0 Å². The highest BCUT2D eigenvalue weighted by atomic mass is 79.9. The molecule has 2 N–H and O–H groups in total. The van der Waals surface area contributed by atoms with Gasteiger partial charge in [-0.3, -0.25) is 4.90 Å². The molecule has 1 aliphatic heterocycles. The van der Waals surface area contributed by atoms with Crippen LogP contribution in [-0.2, 0) is 0 Å². The maximum atomic E-state index is 6.51. The van der Waals surface area contributed by atoms with Gasteiger partial charge in [0.05, 0.1) is 6.04 Å². The lowest BCUT2D eigenvalue weighted by Gasteiger charge is -2.45. The van der Waals surface area contributed by atoms with Gasteiger partial charge in [-0.05, 0) is 59.6 Å². The fourth-order valence-corrected chi connectivity index (χ4v) is 5.90. The standard InChI is InChI=1S/C17H27BrN2S/c1-2-15(19)17(16-9-14(18)11-21-16)20-8-7-12-5-3-4-6-13(12)10-20/h9,11-13,15,17H,2-8,10,19H2,1H3. The van der Waals surface area contributed by atoms with E-state index in [2.05, 4.69) is 39.2 Å². The van der Waals surface area contributed by atoms with Gasteiger partial charge in [0, 0.05) is 27.3 Å². The van der Waals surface area contributed by atoms with Crippen LogP contribution in [0.5, 0.6) is 0 Å². The highest BCUT2D eigenvalue weighted by molar-refractivity contribution is 9.10. The summed E-state index contributed by atoms with van der Waals surface area (Å²) in [5.74, 6) is 1.91. The summed E-state index contributed by atoms with van der Waals surface area (Å²) in [5, 5.41) is 2.19. The van der Waals surface area contributed by atoms with E-state index in [-0.39, 0.29) is 6.04 Å². The first-order valence-corrected chi connectivity index (χ1v) is 10.1. The van der Waals surface area contributed by atoms with Crippen molar-refractivity contribution in [3.63, 3.8) is 0 Å². The zero-order chi connectivity index (χ0) is 14.8. The minimum Gasteiger partial charge on any atom is -0.326 e.